The number of hydrogen-bond acceptors (Lipinski definition) is 9. The van der Waals surface area contributed by atoms with Crippen LogP contribution in [0.5, 0.6) is 0 Å². The fourth-order valence-corrected chi connectivity index (χ4v) is 4.62. The smallest absolute Gasteiger partial charge is 0.197 e. The minimum atomic E-state index is -2.27. The fourth-order valence-electron chi connectivity index (χ4n) is 4.25. The fraction of sp³-hybridized carbons (Fsp3) is 0.381. The van der Waals surface area contributed by atoms with Crippen molar-refractivity contribution in [3.63, 3.8) is 0 Å². The second-order valence-corrected chi connectivity index (χ2v) is 8.90. The summed E-state index contributed by atoms with van der Waals surface area (Å²) in [6.45, 7) is 4.27. The molecule has 2 atom stereocenters. The highest BCUT2D eigenvalue weighted by Crippen LogP contribution is 2.34. The van der Waals surface area contributed by atoms with E-state index < -0.39 is 11.3 Å². The van der Waals surface area contributed by atoms with E-state index in [0.717, 1.165) is 11.3 Å². The third-order valence-corrected chi connectivity index (χ3v) is 6.40. The molecule has 0 radical (unpaired) electrons. The van der Waals surface area contributed by atoms with Crippen LogP contribution in [0, 0.1) is 11.7 Å². The molecule has 0 bridgehead atoms. The Bertz CT molecular complexity index is 1180. The van der Waals surface area contributed by atoms with Crippen LogP contribution in [0.1, 0.15) is 24.2 Å². The van der Waals surface area contributed by atoms with Crippen LogP contribution in [-0.4, -0.2) is 59.9 Å². The summed E-state index contributed by atoms with van der Waals surface area (Å²) >= 11 is -2.27. The summed E-state index contributed by atoms with van der Waals surface area (Å²) in [6.07, 6.45) is 5.77. The number of nitrogens with one attached hydrogen (secondary N) is 1. The molecular weight excluding hydrogens is 447 g/mol. The lowest BCUT2D eigenvalue weighted by atomic mass is 9.99. The van der Waals surface area contributed by atoms with E-state index in [4.69, 9.17) is 4.98 Å². The van der Waals surface area contributed by atoms with E-state index in [1.807, 2.05) is 11.8 Å². The number of nitrogens with zero attached hydrogens (tertiary/aromatic N) is 7. The molecule has 0 aliphatic carbocycles. The largest absolute Gasteiger partial charge is 0.760 e. The van der Waals surface area contributed by atoms with Gasteiger partial charge >= 0.3 is 0 Å². The van der Waals surface area contributed by atoms with Crippen LogP contribution in [0.4, 0.5) is 16.0 Å². The van der Waals surface area contributed by atoms with Crippen LogP contribution in [0.15, 0.2) is 36.8 Å². The molecule has 10 nitrogen and oxygen atoms in total. The van der Waals surface area contributed by atoms with Gasteiger partial charge in [0.15, 0.2) is 11.6 Å². The monoisotopic (exact) mass is 469 g/mol. The predicted octanol–water partition coefficient (Wildman–Crippen LogP) is 1.41. The summed E-state index contributed by atoms with van der Waals surface area (Å²) in [5, 5.41) is 0. The van der Waals surface area contributed by atoms with Crippen molar-refractivity contribution in [1.29, 1.82) is 0 Å². The van der Waals surface area contributed by atoms with Gasteiger partial charge in [0.25, 0.3) is 0 Å². The van der Waals surface area contributed by atoms with Crippen molar-refractivity contribution < 1.29 is 13.2 Å². The van der Waals surface area contributed by atoms with Gasteiger partial charge < -0.3 is 14.4 Å². The molecule has 3 aromatic rings. The lowest BCUT2D eigenvalue weighted by Crippen LogP contribution is -2.51. The number of halogens is 1. The van der Waals surface area contributed by atoms with Gasteiger partial charge in [0.05, 0.1) is 11.7 Å². The summed E-state index contributed by atoms with van der Waals surface area (Å²) in [5.74, 6) is 1.90. The minimum Gasteiger partial charge on any atom is -0.760 e. The van der Waals surface area contributed by atoms with Crippen LogP contribution in [0.25, 0.3) is 11.6 Å². The highest BCUT2D eigenvalue weighted by atomic mass is 32.2. The van der Waals surface area contributed by atoms with E-state index in [-0.39, 0.29) is 17.8 Å². The second-order valence-electron chi connectivity index (χ2n) is 8.14. The average Bonchev–Trinajstić information content (AvgIpc) is 2.78. The van der Waals surface area contributed by atoms with Gasteiger partial charge in [0.1, 0.15) is 17.5 Å². The minimum absolute atomic E-state index is 0.0815. The van der Waals surface area contributed by atoms with Gasteiger partial charge in [-0.25, -0.2) is 34.0 Å². The van der Waals surface area contributed by atoms with Crippen molar-refractivity contribution in [3.8, 4) is 11.6 Å². The molecule has 172 valence electrons. The Morgan fingerprint density at radius 1 is 1.15 bits per heavy atom. The molecule has 12 heteroatoms. The van der Waals surface area contributed by atoms with Gasteiger partial charge in [0.2, 0.25) is 0 Å². The maximum absolute atomic E-state index is 14.5. The van der Waals surface area contributed by atoms with Crippen molar-refractivity contribution in [1.82, 2.24) is 29.6 Å². The molecule has 1 N–H and O–H groups in total. The quantitative estimate of drug-likeness (QED) is 0.534. The zero-order chi connectivity index (χ0) is 22.9. The van der Waals surface area contributed by atoms with E-state index in [0.29, 0.717) is 55.9 Å². The summed E-state index contributed by atoms with van der Waals surface area (Å²) < 4.78 is 38.2. The first-order chi connectivity index (χ1) is 16.0. The Kier molecular flexibility index (Phi) is 5.96. The van der Waals surface area contributed by atoms with Gasteiger partial charge in [-0.3, -0.25) is 4.21 Å². The SMILES string of the molecule is CC1c2cnc(-c3ncccn3)nc2CCN1c1cc(F)cc(N2CC(CNS(=O)[O-])C2)n1. The summed E-state index contributed by atoms with van der Waals surface area (Å²) in [4.78, 5) is 26.3. The zero-order valence-electron chi connectivity index (χ0n) is 17.9. The molecule has 1 saturated heterocycles. The molecule has 2 aliphatic rings. The molecule has 0 amide bonds. The van der Waals surface area contributed by atoms with Crippen LogP contribution < -0.4 is 14.5 Å². The Morgan fingerprint density at radius 3 is 2.67 bits per heavy atom. The Hall–Kier alpha value is -3.09. The van der Waals surface area contributed by atoms with E-state index in [1.54, 1.807) is 24.7 Å². The van der Waals surface area contributed by atoms with Crippen molar-refractivity contribution in [2.75, 3.05) is 36.0 Å². The molecule has 1 fully saturated rings. The molecule has 0 saturated carbocycles. The zero-order valence-corrected chi connectivity index (χ0v) is 18.7. The average molecular weight is 470 g/mol. The number of pyridine rings is 1. The van der Waals surface area contributed by atoms with Gasteiger partial charge in [0, 0.05) is 86.1 Å². The first-order valence-corrected chi connectivity index (χ1v) is 11.7. The topological polar surface area (TPSA) is 123 Å². The van der Waals surface area contributed by atoms with Crippen LogP contribution in [0.3, 0.4) is 0 Å². The lowest BCUT2D eigenvalue weighted by molar-refractivity contribution is 0.399. The Labute approximate surface area is 192 Å². The first kappa shape index (κ1) is 21.7. The van der Waals surface area contributed by atoms with Crippen LogP contribution in [0.2, 0.25) is 0 Å². The van der Waals surface area contributed by atoms with E-state index in [2.05, 4.69) is 29.6 Å². The van der Waals surface area contributed by atoms with Gasteiger partial charge in [-0.15, -0.1) is 0 Å². The second kappa shape index (κ2) is 9.04. The molecule has 2 aliphatic heterocycles. The first-order valence-electron chi connectivity index (χ1n) is 10.6. The maximum atomic E-state index is 14.5. The number of hydrogen-bond donors (Lipinski definition) is 1. The van der Waals surface area contributed by atoms with E-state index >= 15 is 0 Å². The molecular formula is C21H22FN8O2S-. The molecule has 5 heterocycles. The van der Waals surface area contributed by atoms with Gasteiger partial charge in [-0.05, 0) is 13.0 Å². The van der Waals surface area contributed by atoms with E-state index in [1.165, 1.54) is 12.1 Å². The van der Waals surface area contributed by atoms with Gasteiger partial charge in [-0.2, -0.15) is 0 Å². The van der Waals surface area contributed by atoms with Crippen molar-refractivity contribution in [2.24, 2.45) is 5.92 Å². The summed E-state index contributed by atoms with van der Waals surface area (Å²) in [6, 6.07) is 4.52. The molecule has 3 aromatic heterocycles. The number of rotatable bonds is 6. The third kappa shape index (κ3) is 4.54. The number of aromatic nitrogens is 5. The van der Waals surface area contributed by atoms with Crippen molar-refractivity contribution in [3.05, 3.63) is 53.9 Å². The summed E-state index contributed by atoms with van der Waals surface area (Å²) in [5.41, 5.74) is 1.90. The van der Waals surface area contributed by atoms with Crippen molar-refractivity contribution >= 4 is 22.9 Å². The highest BCUT2D eigenvalue weighted by Gasteiger charge is 2.31. The Balaban J connectivity index is 1.33. The van der Waals surface area contributed by atoms with E-state index in [9.17, 15) is 13.2 Å². The van der Waals surface area contributed by atoms with Crippen LogP contribution in [-0.2, 0) is 17.7 Å². The predicted molar refractivity (Wildman–Crippen MR) is 119 cm³/mol. The third-order valence-electron chi connectivity index (χ3n) is 6.00. The molecule has 5 rings (SSSR count). The number of anilines is 2. The molecule has 33 heavy (non-hydrogen) atoms. The highest BCUT2D eigenvalue weighted by molar-refractivity contribution is 7.77. The maximum Gasteiger partial charge on any atom is 0.197 e. The number of fused-ring (bicyclic) bond motifs is 1. The van der Waals surface area contributed by atoms with Crippen molar-refractivity contribution in [2.45, 2.75) is 19.4 Å². The molecule has 0 spiro atoms. The Morgan fingerprint density at radius 2 is 1.91 bits per heavy atom. The normalized spacial score (nSPS) is 19.2. The summed E-state index contributed by atoms with van der Waals surface area (Å²) in [7, 11) is 0. The molecule has 0 aromatic carbocycles. The van der Waals surface area contributed by atoms with Gasteiger partial charge in [-0.1, -0.05) is 0 Å². The molecule has 2 unspecified atom stereocenters. The van der Waals surface area contributed by atoms with Crippen LogP contribution >= 0.6 is 0 Å². The standard InChI is InChI=1S/C21H23FN8O2S/c1-13-16-10-25-21(20-23-4-2-5-24-20)27-17(16)3-6-30(13)19-8-15(22)7-18(28-19)29-11-14(12-29)9-26-33(31)32/h2,4-5,7-8,10,13-14,26H,3,6,9,11-12H2,1H3,(H,31,32)/p-1. The lowest BCUT2D eigenvalue weighted by Gasteiger charge is -2.41.